The average Bonchev–Trinajstić information content (AvgIpc) is 2.91. The molecule has 0 fully saturated rings. The number of carbonyl (C=O) groups excluding carboxylic acids is 4. The molecular formula is C33H28O4S4. The first-order valence-corrected chi connectivity index (χ1v) is 16.0. The molecule has 0 radical (unpaired) electrons. The Labute approximate surface area is 257 Å². The first-order chi connectivity index (χ1) is 19.6. The van der Waals surface area contributed by atoms with E-state index in [0.29, 0.717) is 0 Å². The van der Waals surface area contributed by atoms with Crippen LogP contribution in [0.2, 0.25) is 0 Å². The lowest BCUT2D eigenvalue weighted by molar-refractivity contribution is -0.109. The zero-order valence-corrected chi connectivity index (χ0v) is 26.3. The molecule has 0 bridgehead atoms. The summed E-state index contributed by atoms with van der Waals surface area (Å²) in [4.78, 5) is 50.5. The van der Waals surface area contributed by atoms with Crippen LogP contribution in [0.5, 0.6) is 0 Å². The fourth-order valence-electron chi connectivity index (χ4n) is 4.76. The highest BCUT2D eigenvalue weighted by molar-refractivity contribution is 8.14. The van der Waals surface area contributed by atoms with Crippen LogP contribution in [0, 0.1) is 0 Å². The third-order valence-electron chi connectivity index (χ3n) is 6.20. The molecule has 41 heavy (non-hydrogen) atoms. The van der Waals surface area contributed by atoms with Crippen LogP contribution in [0.25, 0.3) is 0 Å². The van der Waals surface area contributed by atoms with E-state index in [0.717, 1.165) is 41.8 Å². The molecule has 0 N–H and O–H groups in total. The second kappa shape index (κ2) is 13.7. The maximum Gasteiger partial charge on any atom is 0.190 e. The molecule has 0 aliphatic carbocycles. The maximum atomic E-state index is 11.8. The van der Waals surface area contributed by atoms with Crippen LogP contribution in [0.1, 0.15) is 49.9 Å². The van der Waals surface area contributed by atoms with Gasteiger partial charge in [-0.25, -0.2) is 0 Å². The average molecular weight is 617 g/mol. The summed E-state index contributed by atoms with van der Waals surface area (Å²) in [5.74, 6) is 0. The van der Waals surface area contributed by atoms with Crippen molar-refractivity contribution in [3.8, 4) is 0 Å². The summed E-state index contributed by atoms with van der Waals surface area (Å²) in [5, 5.41) is 0.0544. The molecule has 0 aliphatic rings. The van der Waals surface area contributed by atoms with Crippen molar-refractivity contribution in [2.24, 2.45) is 0 Å². The summed E-state index contributed by atoms with van der Waals surface area (Å²) in [6.07, 6.45) is 0. The smallest absolute Gasteiger partial charge is 0.190 e. The number of hydrogen-bond acceptors (Lipinski definition) is 8. The Morgan fingerprint density at radius 1 is 0.366 bits per heavy atom. The number of benzene rings is 4. The van der Waals surface area contributed by atoms with E-state index in [1.807, 2.05) is 97.1 Å². The Bertz CT molecular complexity index is 1320. The Morgan fingerprint density at radius 3 is 0.683 bits per heavy atom. The molecule has 0 aliphatic heterocycles. The van der Waals surface area contributed by atoms with Gasteiger partial charge in [0.05, 0.1) is 5.41 Å². The van der Waals surface area contributed by atoms with Gasteiger partial charge in [0.2, 0.25) is 0 Å². The van der Waals surface area contributed by atoms with Crippen LogP contribution in [0.3, 0.4) is 0 Å². The summed E-state index contributed by atoms with van der Waals surface area (Å²) >= 11 is 4.74. The SMILES string of the molecule is CC(=O)Sc1ccc(C(c2ccc(SC(C)=O)cc2)(c2ccc(SC(C)=O)cc2)c2ccc(SC(C)=O)cc2)cc1. The van der Waals surface area contributed by atoms with Gasteiger partial charge in [-0.3, -0.25) is 19.2 Å². The van der Waals surface area contributed by atoms with E-state index in [9.17, 15) is 19.2 Å². The van der Waals surface area contributed by atoms with Gasteiger partial charge in [-0.1, -0.05) is 95.6 Å². The van der Waals surface area contributed by atoms with Gasteiger partial charge in [-0.05, 0) is 70.8 Å². The van der Waals surface area contributed by atoms with Crippen molar-refractivity contribution >= 4 is 67.5 Å². The molecule has 4 rings (SSSR count). The fraction of sp³-hybridized carbons (Fsp3) is 0.152. The largest absolute Gasteiger partial charge is 0.287 e. The molecule has 208 valence electrons. The lowest BCUT2D eigenvalue weighted by atomic mass is 9.65. The minimum atomic E-state index is -0.780. The molecule has 4 nitrogen and oxygen atoms in total. The number of carbonyl (C=O) groups is 4. The molecule has 0 heterocycles. The molecule has 0 saturated carbocycles. The van der Waals surface area contributed by atoms with Gasteiger partial charge >= 0.3 is 0 Å². The topological polar surface area (TPSA) is 68.3 Å². The Hall–Kier alpha value is -3.04. The van der Waals surface area contributed by atoms with Gasteiger partial charge in [0.15, 0.2) is 20.5 Å². The van der Waals surface area contributed by atoms with Gasteiger partial charge in [0.1, 0.15) is 0 Å². The number of rotatable bonds is 8. The number of thioether (sulfide) groups is 4. The monoisotopic (exact) mass is 616 g/mol. The predicted molar refractivity (Wildman–Crippen MR) is 171 cm³/mol. The molecule has 0 amide bonds. The van der Waals surface area contributed by atoms with Crippen molar-refractivity contribution in [2.45, 2.75) is 52.7 Å². The summed E-state index contributed by atoms with van der Waals surface area (Å²) < 4.78 is 0. The van der Waals surface area contributed by atoms with E-state index in [1.54, 1.807) is 27.7 Å². The molecule has 4 aromatic rings. The van der Waals surface area contributed by atoms with Crippen LogP contribution in [-0.2, 0) is 24.6 Å². The van der Waals surface area contributed by atoms with E-state index in [-0.39, 0.29) is 20.5 Å². The van der Waals surface area contributed by atoms with E-state index >= 15 is 0 Å². The van der Waals surface area contributed by atoms with E-state index < -0.39 is 5.41 Å². The summed E-state index contributed by atoms with van der Waals surface area (Å²) in [6, 6.07) is 32.0. The van der Waals surface area contributed by atoms with Crippen molar-refractivity contribution in [2.75, 3.05) is 0 Å². The Morgan fingerprint density at radius 2 is 0.537 bits per heavy atom. The van der Waals surface area contributed by atoms with Crippen molar-refractivity contribution < 1.29 is 19.2 Å². The minimum absolute atomic E-state index is 0.0136. The van der Waals surface area contributed by atoms with Crippen molar-refractivity contribution in [1.82, 2.24) is 0 Å². The van der Waals surface area contributed by atoms with Gasteiger partial charge in [-0.2, -0.15) is 0 Å². The summed E-state index contributed by atoms with van der Waals surface area (Å²) in [7, 11) is 0. The summed E-state index contributed by atoms with van der Waals surface area (Å²) in [6.45, 7) is 6.19. The van der Waals surface area contributed by atoms with Gasteiger partial charge in [-0.15, -0.1) is 0 Å². The normalized spacial score (nSPS) is 11.2. The quantitative estimate of drug-likeness (QED) is 0.144. The molecule has 4 aromatic carbocycles. The maximum absolute atomic E-state index is 11.8. The minimum Gasteiger partial charge on any atom is -0.287 e. The van der Waals surface area contributed by atoms with Crippen molar-refractivity contribution in [3.05, 3.63) is 119 Å². The second-order valence-electron chi connectivity index (χ2n) is 9.22. The molecule has 8 heteroatoms. The van der Waals surface area contributed by atoms with Crippen molar-refractivity contribution in [1.29, 1.82) is 0 Å². The fourth-order valence-corrected chi connectivity index (χ4v) is 7.17. The predicted octanol–water partition coefficient (Wildman–Crippen LogP) is 8.62. The van der Waals surface area contributed by atoms with Crippen LogP contribution in [-0.4, -0.2) is 20.5 Å². The molecule has 0 spiro atoms. The highest BCUT2D eigenvalue weighted by atomic mass is 32.2. The molecular weight excluding hydrogens is 589 g/mol. The zero-order valence-electron chi connectivity index (χ0n) is 23.0. The third kappa shape index (κ3) is 7.63. The Balaban J connectivity index is 1.99. The first kappa shape index (κ1) is 30.9. The van der Waals surface area contributed by atoms with Crippen LogP contribution in [0.15, 0.2) is 117 Å². The molecule has 0 saturated heterocycles. The summed E-state index contributed by atoms with van der Waals surface area (Å²) in [5.41, 5.74) is 3.15. The van der Waals surface area contributed by atoms with Gasteiger partial charge < -0.3 is 0 Å². The lowest BCUT2D eigenvalue weighted by Crippen LogP contribution is -2.31. The van der Waals surface area contributed by atoms with E-state index in [2.05, 4.69) is 0 Å². The molecule has 0 unspecified atom stereocenters. The first-order valence-electron chi connectivity index (χ1n) is 12.7. The molecule has 0 aromatic heterocycles. The molecule has 0 atom stereocenters. The standard InChI is InChI=1S/C33H28O4S4/c1-21(34)38-29-13-5-25(6-14-29)33(26-7-15-30(16-8-26)39-22(2)35,27-9-17-31(18-10-27)40-23(3)36)28-11-19-32(20-12-28)41-24(4)37/h5-20H,1-4H3. The van der Waals surface area contributed by atoms with Crippen LogP contribution < -0.4 is 0 Å². The zero-order chi connectivity index (χ0) is 29.6. The highest BCUT2D eigenvalue weighted by Crippen LogP contribution is 2.46. The van der Waals surface area contributed by atoms with Gasteiger partial charge in [0, 0.05) is 47.3 Å². The Kier molecular flexibility index (Phi) is 10.4. The van der Waals surface area contributed by atoms with E-state index in [4.69, 9.17) is 0 Å². The van der Waals surface area contributed by atoms with Crippen LogP contribution in [0.4, 0.5) is 0 Å². The lowest BCUT2D eigenvalue weighted by Gasteiger charge is -2.37. The third-order valence-corrected chi connectivity index (χ3v) is 9.38. The van der Waals surface area contributed by atoms with Crippen LogP contribution >= 0.6 is 47.0 Å². The van der Waals surface area contributed by atoms with E-state index in [1.165, 1.54) is 47.0 Å². The van der Waals surface area contributed by atoms with Gasteiger partial charge in [0.25, 0.3) is 0 Å². The highest BCUT2D eigenvalue weighted by Gasteiger charge is 2.38. The van der Waals surface area contributed by atoms with Crippen molar-refractivity contribution in [3.63, 3.8) is 0 Å². The second-order valence-corrected chi connectivity index (χ2v) is 14.2. The number of hydrogen-bond donors (Lipinski definition) is 0.